The first-order valence-electron chi connectivity index (χ1n) is 12.1. The number of carbonyl (C=O) groups is 1. The molecule has 1 saturated heterocycles. The lowest BCUT2D eigenvalue weighted by molar-refractivity contribution is -0.148. The van der Waals surface area contributed by atoms with Gasteiger partial charge in [0.2, 0.25) is 5.91 Å². The number of hydrogen-bond donors (Lipinski definition) is 2. The Bertz CT molecular complexity index is 993. The summed E-state index contributed by atoms with van der Waals surface area (Å²) in [6.07, 6.45) is 5.88. The molecule has 1 amide bonds. The molecule has 0 radical (unpaired) electrons. The molecule has 2 aromatic heterocycles. The third kappa shape index (κ3) is 4.17. The number of amides is 1. The quantitative estimate of drug-likeness (QED) is 0.706. The molecule has 6 atom stereocenters. The van der Waals surface area contributed by atoms with Crippen LogP contribution in [0, 0.1) is 23.2 Å². The number of aliphatic hydroxyl groups is 1. The van der Waals surface area contributed by atoms with E-state index >= 15 is 0 Å². The standard InChI is InChI=1S/C25H34N4O3S/c1-15(23(31)29-9-11-32-12-10-29)18-6-7-25(3)13-19-21(16(2)20(25)22(18)30)28-24(33-19)27-17-5-4-8-26-14-17/h4-5,8,14-16,18,20,22,30H,6-7,9-13H2,1-3H3,(H,27,28). The van der Waals surface area contributed by atoms with Crippen molar-refractivity contribution in [3.8, 4) is 0 Å². The van der Waals surface area contributed by atoms with Crippen LogP contribution in [-0.4, -0.2) is 58.3 Å². The van der Waals surface area contributed by atoms with Gasteiger partial charge in [0.25, 0.3) is 0 Å². The van der Waals surface area contributed by atoms with E-state index in [2.05, 4.69) is 24.1 Å². The fourth-order valence-electron chi connectivity index (χ4n) is 6.42. The van der Waals surface area contributed by atoms with E-state index in [9.17, 15) is 9.90 Å². The van der Waals surface area contributed by atoms with E-state index in [4.69, 9.17) is 9.72 Å². The predicted molar refractivity (Wildman–Crippen MR) is 129 cm³/mol. The van der Waals surface area contributed by atoms with Crippen LogP contribution in [0.4, 0.5) is 10.8 Å². The molecule has 7 nitrogen and oxygen atoms in total. The molecule has 8 heteroatoms. The topological polar surface area (TPSA) is 87.6 Å². The van der Waals surface area contributed by atoms with Crippen LogP contribution in [0.2, 0.25) is 0 Å². The molecule has 1 aliphatic heterocycles. The molecule has 178 valence electrons. The summed E-state index contributed by atoms with van der Waals surface area (Å²) in [6.45, 7) is 9.03. The van der Waals surface area contributed by atoms with Crippen molar-refractivity contribution in [1.29, 1.82) is 0 Å². The minimum atomic E-state index is -0.511. The highest BCUT2D eigenvalue weighted by atomic mass is 32.1. The largest absolute Gasteiger partial charge is 0.392 e. The second kappa shape index (κ2) is 8.96. The Morgan fingerprint density at radius 3 is 2.91 bits per heavy atom. The summed E-state index contributed by atoms with van der Waals surface area (Å²) in [5.41, 5.74) is 2.04. The average molecular weight is 471 g/mol. The van der Waals surface area contributed by atoms with E-state index in [1.165, 1.54) is 4.88 Å². The molecular weight excluding hydrogens is 436 g/mol. The van der Waals surface area contributed by atoms with Crippen molar-refractivity contribution in [3.05, 3.63) is 35.1 Å². The van der Waals surface area contributed by atoms with Crippen LogP contribution >= 0.6 is 11.3 Å². The number of nitrogens with zero attached hydrogens (tertiary/aromatic N) is 3. The van der Waals surface area contributed by atoms with Crippen molar-refractivity contribution in [2.45, 2.75) is 52.1 Å². The highest BCUT2D eigenvalue weighted by Crippen LogP contribution is 2.57. The minimum absolute atomic E-state index is 0.0160. The molecule has 6 unspecified atom stereocenters. The van der Waals surface area contributed by atoms with Gasteiger partial charge < -0.3 is 20.1 Å². The predicted octanol–water partition coefficient (Wildman–Crippen LogP) is 3.83. The van der Waals surface area contributed by atoms with Gasteiger partial charge in [-0.3, -0.25) is 9.78 Å². The number of aliphatic hydroxyl groups excluding tert-OH is 1. The third-order valence-electron chi connectivity index (χ3n) is 8.19. The van der Waals surface area contributed by atoms with Gasteiger partial charge in [0.15, 0.2) is 5.13 Å². The number of morpholine rings is 1. The van der Waals surface area contributed by atoms with Crippen LogP contribution in [0.5, 0.6) is 0 Å². The molecule has 33 heavy (non-hydrogen) atoms. The Hall–Kier alpha value is -2.03. The van der Waals surface area contributed by atoms with Crippen molar-refractivity contribution in [2.24, 2.45) is 23.2 Å². The number of anilines is 2. The van der Waals surface area contributed by atoms with Crippen molar-refractivity contribution >= 4 is 28.1 Å². The first kappa shape index (κ1) is 22.7. The van der Waals surface area contributed by atoms with E-state index in [0.717, 1.165) is 35.8 Å². The van der Waals surface area contributed by atoms with Gasteiger partial charge in [-0.05, 0) is 48.6 Å². The lowest BCUT2D eigenvalue weighted by Gasteiger charge is -2.53. The molecule has 5 rings (SSSR count). The summed E-state index contributed by atoms with van der Waals surface area (Å²) < 4.78 is 5.41. The highest BCUT2D eigenvalue weighted by Gasteiger charge is 2.54. The van der Waals surface area contributed by atoms with Crippen molar-refractivity contribution in [3.63, 3.8) is 0 Å². The molecule has 3 aliphatic rings. The van der Waals surface area contributed by atoms with Gasteiger partial charge >= 0.3 is 0 Å². The number of hydrogen-bond acceptors (Lipinski definition) is 7. The van der Waals surface area contributed by atoms with Gasteiger partial charge in [-0.15, -0.1) is 11.3 Å². The number of thiazole rings is 1. The maximum atomic E-state index is 13.2. The van der Waals surface area contributed by atoms with Crippen LogP contribution in [0.15, 0.2) is 24.5 Å². The summed E-state index contributed by atoms with van der Waals surface area (Å²) in [4.78, 5) is 25.5. The van der Waals surface area contributed by atoms with Crippen LogP contribution in [0.25, 0.3) is 0 Å². The monoisotopic (exact) mass is 470 g/mol. The van der Waals surface area contributed by atoms with Crippen molar-refractivity contribution in [1.82, 2.24) is 14.9 Å². The Morgan fingerprint density at radius 1 is 1.39 bits per heavy atom. The molecular formula is C25H34N4O3S. The first-order valence-corrected chi connectivity index (χ1v) is 12.9. The summed E-state index contributed by atoms with van der Waals surface area (Å²) >= 11 is 1.72. The minimum Gasteiger partial charge on any atom is -0.392 e. The molecule has 2 N–H and O–H groups in total. The molecule has 0 aromatic carbocycles. The zero-order valence-corrected chi connectivity index (χ0v) is 20.5. The van der Waals surface area contributed by atoms with Crippen LogP contribution < -0.4 is 5.32 Å². The van der Waals surface area contributed by atoms with Crippen LogP contribution in [0.1, 0.15) is 50.1 Å². The number of nitrogens with one attached hydrogen (secondary N) is 1. The average Bonchev–Trinajstić information content (AvgIpc) is 3.21. The Kier molecular flexibility index (Phi) is 6.18. The van der Waals surface area contributed by atoms with Crippen LogP contribution in [0.3, 0.4) is 0 Å². The number of aromatic nitrogens is 2. The van der Waals surface area contributed by atoms with Crippen molar-refractivity contribution in [2.75, 3.05) is 31.6 Å². The Morgan fingerprint density at radius 2 is 2.18 bits per heavy atom. The SMILES string of the molecule is CC(C(=O)N1CCOCC1)C1CCC2(C)Cc3sc(Nc4cccnc4)nc3C(C)C2C1O. The summed E-state index contributed by atoms with van der Waals surface area (Å²) in [6, 6.07) is 3.89. The molecule has 0 bridgehead atoms. The van der Waals surface area contributed by atoms with E-state index in [1.807, 2.05) is 24.0 Å². The van der Waals surface area contributed by atoms with E-state index in [0.29, 0.717) is 26.3 Å². The zero-order chi connectivity index (χ0) is 23.2. The molecule has 0 spiro atoms. The number of fused-ring (bicyclic) bond motifs is 2. The second-order valence-corrected chi connectivity index (χ2v) is 11.3. The third-order valence-corrected chi connectivity index (χ3v) is 9.18. The Labute approximate surface area is 199 Å². The molecule has 1 saturated carbocycles. The number of ether oxygens (including phenoxy) is 1. The van der Waals surface area contributed by atoms with E-state index < -0.39 is 6.10 Å². The summed E-state index contributed by atoms with van der Waals surface area (Å²) in [5.74, 6) is 0.190. The smallest absolute Gasteiger partial charge is 0.225 e. The van der Waals surface area contributed by atoms with Crippen molar-refractivity contribution < 1.29 is 14.6 Å². The maximum absolute atomic E-state index is 13.2. The lowest BCUT2D eigenvalue weighted by Crippen LogP contribution is -2.54. The van der Waals surface area contributed by atoms with Crippen LogP contribution in [-0.2, 0) is 16.0 Å². The normalized spacial score (nSPS) is 32.5. The maximum Gasteiger partial charge on any atom is 0.225 e. The van der Waals surface area contributed by atoms with Gasteiger partial charge in [-0.2, -0.15) is 0 Å². The number of pyridine rings is 1. The molecule has 2 aromatic rings. The van der Waals surface area contributed by atoms with Gasteiger partial charge in [0.05, 0.1) is 36.9 Å². The van der Waals surface area contributed by atoms with Gasteiger partial charge in [0.1, 0.15) is 0 Å². The fourth-order valence-corrected chi connectivity index (χ4v) is 7.70. The van der Waals surface area contributed by atoms with E-state index in [-0.39, 0.29) is 35.0 Å². The molecule has 2 aliphatic carbocycles. The Balaban J connectivity index is 1.36. The fraction of sp³-hybridized carbons (Fsp3) is 0.640. The second-order valence-electron chi connectivity index (χ2n) is 10.3. The summed E-state index contributed by atoms with van der Waals surface area (Å²) in [7, 11) is 0. The van der Waals surface area contributed by atoms with Gasteiger partial charge in [-0.25, -0.2) is 4.98 Å². The molecule has 3 heterocycles. The van der Waals surface area contributed by atoms with Gasteiger partial charge in [0, 0.05) is 36.0 Å². The number of rotatable bonds is 4. The zero-order valence-electron chi connectivity index (χ0n) is 19.7. The highest BCUT2D eigenvalue weighted by molar-refractivity contribution is 7.15. The van der Waals surface area contributed by atoms with E-state index in [1.54, 1.807) is 23.7 Å². The lowest BCUT2D eigenvalue weighted by atomic mass is 9.53. The molecule has 2 fully saturated rings. The first-order chi connectivity index (χ1) is 15.9. The van der Waals surface area contributed by atoms with Gasteiger partial charge in [-0.1, -0.05) is 20.8 Å². The summed E-state index contributed by atoms with van der Waals surface area (Å²) in [5, 5.41) is 15.9. The number of carbonyl (C=O) groups excluding carboxylic acids is 1.